The van der Waals surface area contributed by atoms with Crippen LogP contribution in [-0.4, -0.2) is 11.2 Å². The summed E-state index contributed by atoms with van der Waals surface area (Å²) in [6, 6.07) is 5.04. The third-order valence-electron chi connectivity index (χ3n) is 1.93. The lowest BCUT2D eigenvalue weighted by Crippen LogP contribution is -2.23. The average molecular weight is 245 g/mol. The quantitative estimate of drug-likeness (QED) is 0.690. The minimum absolute atomic E-state index is 0.364. The molecule has 4 heteroatoms. The Balaban J connectivity index is 2.97. The van der Waals surface area contributed by atoms with E-state index in [1.54, 1.807) is 13.0 Å². The zero-order valence-corrected chi connectivity index (χ0v) is 8.95. The van der Waals surface area contributed by atoms with Crippen molar-refractivity contribution in [1.82, 2.24) is 0 Å². The average Bonchev–Trinajstić information content (AvgIpc) is 2.08. The highest BCUT2D eigenvalue weighted by atomic mass is 79.9. The van der Waals surface area contributed by atoms with Crippen molar-refractivity contribution in [2.75, 3.05) is 5.73 Å². The topological polar surface area (TPSA) is 72.3 Å². The summed E-state index contributed by atoms with van der Waals surface area (Å²) >= 11 is 3.30. The predicted molar refractivity (Wildman–Crippen MR) is 57.2 cm³/mol. The van der Waals surface area contributed by atoms with Gasteiger partial charge < -0.3 is 16.6 Å². The highest BCUT2D eigenvalue weighted by Crippen LogP contribution is 2.24. The first kappa shape index (κ1) is 10.5. The van der Waals surface area contributed by atoms with Crippen molar-refractivity contribution < 1.29 is 5.11 Å². The van der Waals surface area contributed by atoms with Gasteiger partial charge in [-0.1, -0.05) is 6.07 Å². The van der Waals surface area contributed by atoms with Crippen molar-refractivity contribution in [2.24, 2.45) is 5.73 Å². The van der Waals surface area contributed by atoms with Gasteiger partial charge >= 0.3 is 0 Å². The molecule has 3 nitrogen and oxygen atoms in total. The molecule has 0 aromatic heterocycles. The van der Waals surface area contributed by atoms with Crippen LogP contribution in [0.3, 0.4) is 0 Å². The maximum absolute atomic E-state index is 9.26. The van der Waals surface area contributed by atoms with Gasteiger partial charge in [-0.2, -0.15) is 0 Å². The molecule has 0 aliphatic heterocycles. The van der Waals surface area contributed by atoms with Gasteiger partial charge in [0, 0.05) is 10.2 Å². The Morgan fingerprint density at radius 3 is 2.54 bits per heavy atom. The van der Waals surface area contributed by atoms with Gasteiger partial charge in [-0.3, -0.25) is 0 Å². The van der Waals surface area contributed by atoms with E-state index in [-0.39, 0.29) is 6.04 Å². The summed E-state index contributed by atoms with van der Waals surface area (Å²) in [6.45, 7) is 1.66. The Morgan fingerprint density at radius 1 is 1.46 bits per heavy atom. The fourth-order valence-corrected chi connectivity index (χ4v) is 1.43. The normalized spacial score (nSPS) is 15.4. The van der Waals surface area contributed by atoms with Crippen molar-refractivity contribution in [1.29, 1.82) is 0 Å². The van der Waals surface area contributed by atoms with E-state index in [4.69, 9.17) is 11.5 Å². The molecule has 0 radical (unpaired) electrons. The van der Waals surface area contributed by atoms with E-state index in [1.807, 2.05) is 12.1 Å². The van der Waals surface area contributed by atoms with Crippen molar-refractivity contribution in [3.63, 3.8) is 0 Å². The smallest absolute Gasteiger partial charge is 0.0704 e. The first-order valence-electron chi connectivity index (χ1n) is 4.01. The SMILES string of the molecule is CC(O)C(N)c1ccc(N)c(Br)c1. The molecular weight excluding hydrogens is 232 g/mol. The first-order valence-corrected chi connectivity index (χ1v) is 4.80. The lowest BCUT2D eigenvalue weighted by molar-refractivity contribution is 0.164. The number of benzene rings is 1. The van der Waals surface area contributed by atoms with Crippen LogP contribution in [0.25, 0.3) is 0 Å². The first-order chi connectivity index (χ1) is 6.02. The fourth-order valence-electron chi connectivity index (χ4n) is 1.03. The summed E-state index contributed by atoms with van der Waals surface area (Å²) in [4.78, 5) is 0. The highest BCUT2D eigenvalue weighted by molar-refractivity contribution is 9.10. The molecule has 0 heterocycles. The lowest BCUT2D eigenvalue weighted by Gasteiger charge is -2.15. The summed E-state index contributed by atoms with van der Waals surface area (Å²) in [5, 5.41) is 9.26. The van der Waals surface area contributed by atoms with Crippen molar-refractivity contribution >= 4 is 21.6 Å². The van der Waals surface area contributed by atoms with Gasteiger partial charge in [-0.05, 0) is 40.5 Å². The van der Waals surface area contributed by atoms with Gasteiger partial charge in [0.05, 0.1) is 12.1 Å². The van der Waals surface area contributed by atoms with E-state index in [2.05, 4.69) is 15.9 Å². The van der Waals surface area contributed by atoms with Crippen LogP contribution in [0.2, 0.25) is 0 Å². The minimum Gasteiger partial charge on any atom is -0.398 e. The third kappa shape index (κ3) is 2.43. The number of rotatable bonds is 2. The molecule has 0 bridgehead atoms. The standard InChI is InChI=1S/C9H13BrN2O/c1-5(13)9(12)6-2-3-8(11)7(10)4-6/h2-5,9,13H,11-12H2,1H3. The van der Waals surface area contributed by atoms with Crippen LogP contribution in [0, 0.1) is 0 Å². The second-order valence-electron chi connectivity index (χ2n) is 3.05. The van der Waals surface area contributed by atoms with Crippen molar-refractivity contribution in [3.8, 4) is 0 Å². The molecule has 0 aliphatic carbocycles. The molecular formula is C9H13BrN2O. The summed E-state index contributed by atoms with van der Waals surface area (Å²) in [7, 11) is 0. The Labute approximate surface area is 85.9 Å². The molecule has 0 saturated carbocycles. The number of anilines is 1. The molecule has 13 heavy (non-hydrogen) atoms. The zero-order valence-electron chi connectivity index (χ0n) is 7.37. The van der Waals surface area contributed by atoms with E-state index in [0.717, 1.165) is 10.0 Å². The van der Waals surface area contributed by atoms with E-state index in [1.165, 1.54) is 0 Å². The van der Waals surface area contributed by atoms with Gasteiger partial charge in [0.2, 0.25) is 0 Å². The molecule has 0 saturated heterocycles. The fraction of sp³-hybridized carbons (Fsp3) is 0.333. The predicted octanol–water partition coefficient (Wildman–Crippen LogP) is 1.41. The molecule has 5 N–H and O–H groups in total. The van der Waals surface area contributed by atoms with Crippen LogP contribution >= 0.6 is 15.9 Å². The molecule has 0 aliphatic rings. The van der Waals surface area contributed by atoms with E-state index < -0.39 is 6.10 Å². The number of nitrogen functional groups attached to an aromatic ring is 1. The number of aliphatic hydroxyl groups is 1. The minimum atomic E-state index is -0.560. The van der Waals surface area contributed by atoms with E-state index >= 15 is 0 Å². The molecule has 0 spiro atoms. The molecule has 72 valence electrons. The van der Waals surface area contributed by atoms with Crippen LogP contribution in [0.5, 0.6) is 0 Å². The summed E-state index contributed by atoms with van der Waals surface area (Å²) in [5.74, 6) is 0. The van der Waals surface area contributed by atoms with Gasteiger partial charge in [0.15, 0.2) is 0 Å². The molecule has 1 rings (SSSR count). The zero-order chi connectivity index (χ0) is 10.0. The van der Waals surface area contributed by atoms with Crippen LogP contribution in [-0.2, 0) is 0 Å². The number of hydrogen-bond acceptors (Lipinski definition) is 3. The van der Waals surface area contributed by atoms with E-state index in [9.17, 15) is 5.11 Å². The monoisotopic (exact) mass is 244 g/mol. The van der Waals surface area contributed by atoms with Crippen LogP contribution in [0.4, 0.5) is 5.69 Å². The van der Waals surface area contributed by atoms with E-state index in [0.29, 0.717) is 5.69 Å². The Hall–Kier alpha value is -0.580. The van der Waals surface area contributed by atoms with Crippen molar-refractivity contribution in [3.05, 3.63) is 28.2 Å². The largest absolute Gasteiger partial charge is 0.398 e. The second kappa shape index (κ2) is 4.09. The number of hydrogen-bond donors (Lipinski definition) is 3. The molecule has 0 fully saturated rings. The number of aliphatic hydroxyl groups excluding tert-OH is 1. The highest BCUT2D eigenvalue weighted by Gasteiger charge is 2.12. The third-order valence-corrected chi connectivity index (χ3v) is 2.62. The maximum atomic E-state index is 9.26. The molecule has 0 amide bonds. The van der Waals surface area contributed by atoms with Crippen LogP contribution < -0.4 is 11.5 Å². The lowest BCUT2D eigenvalue weighted by atomic mass is 10.0. The Kier molecular flexibility index (Phi) is 3.30. The van der Waals surface area contributed by atoms with Gasteiger partial charge in [0.25, 0.3) is 0 Å². The second-order valence-corrected chi connectivity index (χ2v) is 3.90. The molecule has 1 aromatic rings. The Bertz CT molecular complexity index is 302. The van der Waals surface area contributed by atoms with Crippen LogP contribution in [0.15, 0.2) is 22.7 Å². The Morgan fingerprint density at radius 2 is 2.08 bits per heavy atom. The molecule has 2 atom stereocenters. The van der Waals surface area contributed by atoms with Gasteiger partial charge in [0.1, 0.15) is 0 Å². The van der Waals surface area contributed by atoms with Gasteiger partial charge in [-0.15, -0.1) is 0 Å². The van der Waals surface area contributed by atoms with Crippen LogP contribution in [0.1, 0.15) is 18.5 Å². The molecule has 1 aromatic carbocycles. The van der Waals surface area contributed by atoms with Gasteiger partial charge in [-0.25, -0.2) is 0 Å². The summed E-state index contributed by atoms with van der Waals surface area (Å²) < 4.78 is 0.807. The number of nitrogens with two attached hydrogens (primary N) is 2. The number of halogens is 1. The summed E-state index contributed by atoms with van der Waals surface area (Å²) in [6.07, 6.45) is -0.560. The summed E-state index contributed by atoms with van der Waals surface area (Å²) in [5.41, 5.74) is 12.9. The maximum Gasteiger partial charge on any atom is 0.0704 e. The van der Waals surface area contributed by atoms with Crippen molar-refractivity contribution in [2.45, 2.75) is 19.1 Å². The molecule has 2 unspecified atom stereocenters.